The molecule has 27 heavy (non-hydrogen) atoms. The molecule has 1 amide bonds. The van der Waals surface area contributed by atoms with E-state index < -0.39 is 0 Å². The summed E-state index contributed by atoms with van der Waals surface area (Å²) < 4.78 is 1.97. The Kier molecular flexibility index (Phi) is 4.52. The molecule has 1 aliphatic heterocycles. The summed E-state index contributed by atoms with van der Waals surface area (Å²) in [4.78, 5) is 15.3. The first-order valence-corrected chi connectivity index (χ1v) is 9.60. The minimum absolute atomic E-state index is 0.0146. The van der Waals surface area contributed by atoms with Crippen LogP contribution >= 0.6 is 0 Å². The Hall–Kier alpha value is -2.59. The van der Waals surface area contributed by atoms with Gasteiger partial charge < -0.3 is 9.88 Å². The molecule has 1 aromatic heterocycles. The quantitative estimate of drug-likeness (QED) is 0.768. The van der Waals surface area contributed by atoms with Gasteiger partial charge in [0.2, 0.25) is 0 Å². The highest BCUT2D eigenvalue weighted by molar-refractivity contribution is 5.98. The van der Waals surface area contributed by atoms with Crippen molar-refractivity contribution in [3.8, 4) is 0 Å². The minimum Gasteiger partial charge on any atom is -0.349 e. The van der Waals surface area contributed by atoms with Gasteiger partial charge in [0, 0.05) is 43.1 Å². The van der Waals surface area contributed by atoms with Gasteiger partial charge in [0.05, 0.1) is 0 Å². The van der Waals surface area contributed by atoms with Gasteiger partial charge in [-0.1, -0.05) is 42.5 Å². The molecule has 0 aliphatic carbocycles. The van der Waals surface area contributed by atoms with Gasteiger partial charge in [0.1, 0.15) is 5.69 Å². The molecule has 4 nitrogen and oxygen atoms in total. The van der Waals surface area contributed by atoms with Crippen LogP contribution in [0.25, 0.3) is 10.9 Å². The molecule has 0 bridgehead atoms. The molecular formula is C23H27N3O. The number of nitrogens with one attached hydrogen (secondary N) is 1. The summed E-state index contributed by atoms with van der Waals surface area (Å²) in [6, 6.07) is 18.7. The summed E-state index contributed by atoms with van der Waals surface area (Å²) in [6.07, 6.45) is 1.07. The highest BCUT2D eigenvalue weighted by Gasteiger charge is 2.30. The zero-order chi connectivity index (χ0) is 19.0. The zero-order valence-electron chi connectivity index (χ0n) is 16.3. The van der Waals surface area contributed by atoms with Crippen molar-refractivity contribution < 1.29 is 4.79 Å². The van der Waals surface area contributed by atoms with E-state index in [9.17, 15) is 4.79 Å². The smallest absolute Gasteiger partial charge is 0.267 e. The first kappa shape index (κ1) is 17.8. The Balaban J connectivity index is 1.45. The number of rotatable bonds is 4. The van der Waals surface area contributed by atoms with E-state index in [2.05, 4.69) is 48.3 Å². The number of carbonyl (C=O) groups is 1. The molecule has 4 heteroatoms. The van der Waals surface area contributed by atoms with Crippen LogP contribution in [0.2, 0.25) is 0 Å². The average molecular weight is 361 g/mol. The Labute approximate surface area is 160 Å². The predicted octanol–water partition coefficient (Wildman–Crippen LogP) is 3.75. The summed E-state index contributed by atoms with van der Waals surface area (Å²) in [5.74, 6) is -0.0146. The maximum absolute atomic E-state index is 12.8. The van der Waals surface area contributed by atoms with Crippen molar-refractivity contribution in [2.45, 2.75) is 32.4 Å². The maximum atomic E-state index is 12.8. The molecule has 1 aliphatic rings. The lowest BCUT2D eigenvalue weighted by Crippen LogP contribution is -2.53. The van der Waals surface area contributed by atoms with Crippen molar-refractivity contribution in [2.24, 2.45) is 7.05 Å². The van der Waals surface area contributed by atoms with Gasteiger partial charge in [-0.05, 0) is 43.5 Å². The van der Waals surface area contributed by atoms with E-state index in [1.165, 1.54) is 11.1 Å². The summed E-state index contributed by atoms with van der Waals surface area (Å²) in [6.45, 7) is 7.00. The van der Waals surface area contributed by atoms with Crippen LogP contribution in [0.3, 0.4) is 0 Å². The van der Waals surface area contributed by atoms with Gasteiger partial charge in [-0.3, -0.25) is 9.69 Å². The lowest BCUT2D eigenvalue weighted by molar-refractivity contribution is 0.0820. The molecule has 1 N–H and O–H groups in total. The number of benzene rings is 2. The second-order valence-corrected chi connectivity index (χ2v) is 8.08. The van der Waals surface area contributed by atoms with Crippen LogP contribution in [0.15, 0.2) is 54.6 Å². The van der Waals surface area contributed by atoms with E-state index in [0.717, 1.165) is 30.4 Å². The van der Waals surface area contributed by atoms with Crippen molar-refractivity contribution >= 4 is 16.8 Å². The molecule has 0 saturated carbocycles. The Bertz CT molecular complexity index is 986. The number of hydrogen-bond acceptors (Lipinski definition) is 2. The van der Waals surface area contributed by atoms with Crippen molar-refractivity contribution in [2.75, 3.05) is 13.1 Å². The summed E-state index contributed by atoms with van der Waals surface area (Å²) in [5, 5.41) is 4.26. The van der Waals surface area contributed by atoms with Crippen molar-refractivity contribution in [3.63, 3.8) is 0 Å². The Morgan fingerprint density at radius 2 is 1.78 bits per heavy atom. The van der Waals surface area contributed by atoms with E-state index in [4.69, 9.17) is 0 Å². The number of hydrogen-bond donors (Lipinski definition) is 1. The van der Waals surface area contributed by atoms with Gasteiger partial charge >= 0.3 is 0 Å². The largest absolute Gasteiger partial charge is 0.349 e. The third kappa shape index (κ3) is 3.37. The first-order chi connectivity index (χ1) is 13.0. The fraction of sp³-hybridized carbons (Fsp3) is 0.348. The lowest BCUT2D eigenvalue weighted by atomic mass is 9.94. The van der Waals surface area contributed by atoms with Gasteiger partial charge in [-0.25, -0.2) is 0 Å². The number of carbonyl (C=O) groups excluding carboxylic acids is 1. The average Bonchev–Trinajstić information content (AvgIpc) is 3.03. The van der Waals surface area contributed by atoms with Crippen LogP contribution in [0.5, 0.6) is 0 Å². The van der Waals surface area contributed by atoms with E-state index in [-0.39, 0.29) is 11.4 Å². The van der Waals surface area contributed by atoms with E-state index in [1.54, 1.807) is 0 Å². The molecule has 0 spiro atoms. The van der Waals surface area contributed by atoms with Crippen LogP contribution in [0, 0.1) is 0 Å². The highest BCUT2D eigenvalue weighted by Crippen LogP contribution is 2.25. The van der Waals surface area contributed by atoms with Gasteiger partial charge in [-0.15, -0.1) is 0 Å². The monoisotopic (exact) mass is 361 g/mol. The number of aryl methyl sites for hydroxylation is 1. The predicted molar refractivity (Wildman–Crippen MR) is 110 cm³/mol. The first-order valence-electron chi connectivity index (χ1n) is 9.60. The summed E-state index contributed by atoms with van der Waals surface area (Å²) in [7, 11) is 1.95. The number of aromatic nitrogens is 1. The number of amides is 1. The fourth-order valence-electron chi connectivity index (χ4n) is 4.02. The zero-order valence-corrected chi connectivity index (χ0v) is 16.3. The van der Waals surface area contributed by atoms with E-state index in [1.807, 2.05) is 41.9 Å². The minimum atomic E-state index is -0.103. The molecule has 4 rings (SSSR count). The number of nitrogens with zero attached hydrogens (tertiary/aromatic N) is 2. The third-order valence-corrected chi connectivity index (χ3v) is 5.85. The topological polar surface area (TPSA) is 37.3 Å². The van der Waals surface area contributed by atoms with Crippen LogP contribution in [0.4, 0.5) is 0 Å². The molecule has 2 aromatic carbocycles. The standard InChI is InChI=1S/C23H27N3O/c1-23(2,26-13-12-17-8-4-5-10-19(17)15-26)16-24-22(27)21-14-18-9-6-7-11-20(18)25(21)3/h4-11,14H,12-13,15-16H2,1-3H3,(H,24,27). The fourth-order valence-corrected chi connectivity index (χ4v) is 4.02. The third-order valence-electron chi connectivity index (χ3n) is 5.85. The van der Waals surface area contributed by atoms with Crippen LogP contribution in [-0.2, 0) is 20.0 Å². The second-order valence-electron chi connectivity index (χ2n) is 8.08. The molecule has 3 aromatic rings. The summed E-state index contributed by atoms with van der Waals surface area (Å²) >= 11 is 0. The van der Waals surface area contributed by atoms with E-state index in [0.29, 0.717) is 12.2 Å². The van der Waals surface area contributed by atoms with E-state index >= 15 is 0 Å². The van der Waals surface area contributed by atoms with Gasteiger partial charge in [0.25, 0.3) is 5.91 Å². The van der Waals surface area contributed by atoms with Crippen LogP contribution < -0.4 is 5.32 Å². The maximum Gasteiger partial charge on any atom is 0.267 e. The summed E-state index contributed by atoms with van der Waals surface area (Å²) in [5.41, 5.74) is 4.53. The number of para-hydroxylation sites is 1. The SMILES string of the molecule is Cn1c(C(=O)NCC(C)(C)N2CCc3ccccc3C2)cc2ccccc21. The normalized spacial score (nSPS) is 14.9. The molecule has 0 radical (unpaired) electrons. The van der Waals surface area contributed by atoms with Crippen molar-refractivity contribution in [3.05, 3.63) is 71.4 Å². The molecule has 0 unspecified atom stereocenters. The van der Waals surface area contributed by atoms with Crippen molar-refractivity contribution in [1.82, 2.24) is 14.8 Å². The van der Waals surface area contributed by atoms with Crippen molar-refractivity contribution in [1.29, 1.82) is 0 Å². The highest BCUT2D eigenvalue weighted by atomic mass is 16.1. The Morgan fingerprint density at radius 1 is 1.07 bits per heavy atom. The van der Waals surface area contributed by atoms with Crippen LogP contribution in [0.1, 0.15) is 35.5 Å². The van der Waals surface area contributed by atoms with Crippen LogP contribution in [-0.4, -0.2) is 34.0 Å². The number of fused-ring (bicyclic) bond motifs is 2. The molecule has 0 saturated heterocycles. The molecule has 0 fully saturated rings. The molecule has 0 atom stereocenters. The molecule has 2 heterocycles. The Morgan fingerprint density at radius 3 is 2.56 bits per heavy atom. The van der Waals surface area contributed by atoms with Gasteiger partial charge in [-0.2, -0.15) is 0 Å². The molecular weight excluding hydrogens is 334 g/mol. The van der Waals surface area contributed by atoms with Gasteiger partial charge in [0.15, 0.2) is 0 Å². The second kappa shape index (κ2) is 6.86. The molecule has 140 valence electrons. The lowest BCUT2D eigenvalue weighted by Gasteiger charge is -2.41.